The largest absolute Gasteiger partial charge is 0.497 e. The molecule has 2 aliphatic heterocycles. The number of carbonyl (C=O) groups is 1. The van der Waals surface area contributed by atoms with E-state index in [-0.39, 0.29) is 0 Å². The van der Waals surface area contributed by atoms with Gasteiger partial charge >= 0.3 is 0 Å². The van der Waals surface area contributed by atoms with Crippen LogP contribution in [0.25, 0.3) is 0 Å². The maximum absolute atomic E-state index is 11.8. The van der Waals surface area contributed by atoms with E-state index in [1.165, 1.54) is 5.56 Å². The first kappa shape index (κ1) is 11.6. The van der Waals surface area contributed by atoms with Gasteiger partial charge in [-0.1, -0.05) is 12.1 Å². The Morgan fingerprint density at radius 2 is 2.00 bits per heavy atom. The number of nitrogens with zero attached hydrogens (tertiary/aromatic N) is 1. The zero-order valence-electron chi connectivity index (χ0n) is 10.9. The summed E-state index contributed by atoms with van der Waals surface area (Å²) in [5.41, 5.74) is 1.34. The van der Waals surface area contributed by atoms with Gasteiger partial charge in [0.15, 0.2) is 0 Å². The van der Waals surface area contributed by atoms with Crippen molar-refractivity contribution in [3.05, 3.63) is 29.8 Å². The summed E-state index contributed by atoms with van der Waals surface area (Å²) in [6, 6.07) is 9.11. The van der Waals surface area contributed by atoms with Gasteiger partial charge in [0.25, 0.3) is 0 Å². The monoisotopic (exact) mass is 245 g/mol. The Morgan fingerprint density at radius 1 is 1.28 bits per heavy atom. The number of rotatable bonds is 2. The van der Waals surface area contributed by atoms with E-state index in [0.717, 1.165) is 25.0 Å². The molecule has 2 fully saturated rings. The highest BCUT2D eigenvalue weighted by atomic mass is 16.5. The van der Waals surface area contributed by atoms with Crippen LogP contribution in [-0.4, -0.2) is 30.0 Å². The molecule has 2 saturated heterocycles. The molecule has 1 aromatic rings. The van der Waals surface area contributed by atoms with Gasteiger partial charge in [0.05, 0.1) is 7.11 Å². The maximum atomic E-state index is 11.8. The summed E-state index contributed by atoms with van der Waals surface area (Å²) in [6.07, 6.45) is 2.82. The fourth-order valence-electron chi connectivity index (χ4n) is 3.54. The number of fused-ring (bicyclic) bond motifs is 1. The Kier molecular flexibility index (Phi) is 2.77. The summed E-state index contributed by atoms with van der Waals surface area (Å²) in [4.78, 5) is 14.0. The number of ether oxygens (including phenoxy) is 1. The quantitative estimate of drug-likeness (QED) is 0.801. The molecule has 0 saturated carbocycles. The second kappa shape index (κ2) is 4.30. The van der Waals surface area contributed by atoms with E-state index >= 15 is 0 Å². The number of amides is 1. The molecule has 0 N–H and O–H groups in total. The second-order valence-corrected chi connectivity index (χ2v) is 5.37. The van der Waals surface area contributed by atoms with Crippen LogP contribution in [0.2, 0.25) is 0 Å². The first-order chi connectivity index (χ1) is 8.70. The van der Waals surface area contributed by atoms with E-state index in [2.05, 4.69) is 24.0 Å². The van der Waals surface area contributed by atoms with Gasteiger partial charge in [-0.25, -0.2) is 0 Å². The van der Waals surface area contributed by atoms with E-state index in [0.29, 0.717) is 23.9 Å². The zero-order chi connectivity index (χ0) is 12.7. The summed E-state index contributed by atoms with van der Waals surface area (Å²) in [7, 11) is 1.68. The summed E-state index contributed by atoms with van der Waals surface area (Å²) >= 11 is 0. The fourth-order valence-corrected chi connectivity index (χ4v) is 3.54. The van der Waals surface area contributed by atoms with Crippen molar-refractivity contribution in [1.82, 2.24) is 4.90 Å². The smallest absolute Gasteiger partial charge is 0.223 e. The molecule has 0 aromatic heterocycles. The molecule has 2 aliphatic rings. The van der Waals surface area contributed by atoms with Crippen LogP contribution in [0.1, 0.15) is 37.7 Å². The van der Waals surface area contributed by atoms with Crippen LogP contribution in [0.15, 0.2) is 24.3 Å². The normalized spacial score (nSPS) is 30.7. The molecule has 3 heteroatoms. The van der Waals surface area contributed by atoms with Gasteiger partial charge in [0.1, 0.15) is 5.75 Å². The Balaban J connectivity index is 1.86. The minimum Gasteiger partial charge on any atom is -0.497 e. The topological polar surface area (TPSA) is 29.5 Å². The average molecular weight is 245 g/mol. The van der Waals surface area contributed by atoms with Crippen LogP contribution in [0, 0.1) is 0 Å². The third kappa shape index (κ3) is 1.69. The van der Waals surface area contributed by atoms with Crippen LogP contribution >= 0.6 is 0 Å². The van der Waals surface area contributed by atoms with Crippen LogP contribution in [-0.2, 0) is 4.79 Å². The highest BCUT2D eigenvalue weighted by Crippen LogP contribution is 2.43. The maximum Gasteiger partial charge on any atom is 0.223 e. The van der Waals surface area contributed by atoms with Crippen molar-refractivity contribution in [3.63, 3.8) is 0 Å². The van der Waals surface area contributed by atoms with Gasteiger partial charge in [-0.3, -0.25) is 4.79 Å². The molecular weight excluding hydrogens is 226 g/mol. The van der Waals surface area contributed by atoms with Crippen molar-refractivity contribution in [2.75, 3.05) is 7.11 Å². The molecule has 0 aliphatic carbocycles. The van der Waals surface area contributed by atoms with Crippen molar-refractivity contribution >= 4 is 5.91 Å². The third-order valence-corrected chi connectivity index (χ3v) is 4.38. The van der Waals surface area contributed by atoms with Gasteiger partial charge in [0.2, 0.25) is 5.91 Å². The van der Waals surface area contributed by atoms with Crippen LogP contribution in [0.5, 0.6) is 5.75 Å². The van der Waals surface area contributed by atoms with Gasteiger partial charge in [-0.05, 0) is 37.5 Å². The lowest BCUT2D eigenvalue weighted by Gasteiger charge is -2.22. The molecule has 0 spiro atoms. The van der Waals surface area contributed by atoms with E-state index in [9.17, 15) is 4.79 Å². The van der Waals surface area contributed by atoms with Gasteiger partial charge in [-0.2, -0.15) is 0 Å². The van der Waals surface area contributed by atoms with E-state index in [1.807, 2.05) is 12.1 Å². The number of hydrogen-bond acceptors (Lipinski definition) is 2. The predicted molar refractivity (Wildman–Crippen MR) is 69.7 cm³/mol. The second-order valence-electron chi connectivity index (χ2n) is 5.37. The van der Waals surface area contributed by atoms with Crippen molar-refractivity contribution in [2.24, 2.45) is 0 Å². The summed E-state index contributed by atoms with van der Waals surface area (Å²) in [6.45, 7) is 2.17. The molecule has 0 radical (unpaired) electrons. The molecule has 0 bridgehead atoms. The molecule has 1 amide bonds. The molecule has 2 heterocycles. The Bertz CT molecular complexity index is 454. The van der Waals surface area contributed by atoms with Gasteiger partial charge in [-0.15, -0.1) is 0 Å². The van der Waals surface area contributed by atoms with Crippen molar-refractivity contribution in [2.45, 2.75) is 44.2 Å². The summed E-state index contributed by atoms with van der Waals surface area (Å²) in [5, 5.41) is 0. The lowest BCUT2D eigenvalue weighted by Crippen LogP contribution is -2.33. The molecule has 96 valence electrons. The molecule has 0 unspecified atom stereocenters. The summed E-state index contributed by atoms with van der Waals surface area (Å²) < 4.78 is 5.19. The molecule has 18 heavy (non-hydrogen) atoms. The minimum atomic E-state index is 0.337. The Labute approximate surface area is 108 Å². The minimum absolute atomic E-state index is 0.337. The molecule has 3 atom stereocenters. The Morgan fingerprint density at radius 3 is 2.67 bits per heavy atom. The predicted octanol–water partition coefficient (Wildman–Crippen LogP) is 2.56. The van der Waals surface area contributed by atoms with Crippen LogP contribution in [0.3, 0.4) is 0 Å². The van der Waals surface area contributed by atoms with Gasteiger partial charge in [0, 0.05) is 24.4 Å². The zero-order valence-corrected chi connectivity index (χ0v) is 10.9. The van der Waals surface area contributed by atoms with Gasteiger partial charge < -0.3 is 9.64 Å². The molecule has 1 aromatic carbocycles. The lowest BCUT2D eigenvalue weighted by atomic mass is 9.89. The van der Waals surface area contributed by atoms with Crippen molar-refractivity contribution in [1.29, 1.82) is 0 Å². The molecular formula is C15H19NO2. The third-order valence-electron chi connectivity index (χ3n) is 4.38. The first-order valence-electron chi connectivity index (χ1n) is 6.66. The van der Waals surface area contributed by atoms with Crippen molar-refractivity contribution < 1.29 is 9.53 Å². The van der Waals surface area contributed by atoms with Crippen LogP contribution < -0.4 is 4.74 Å². The standard InChI is InChI=1S/C15H19NO2/c1-10-9-13(14-7-8-15(17)16(10)14)11-3-5-12(18-2)6-4-11/h3-6,10,13-14H,7-9H2,1-2H3/t10-,13-,14-/m0/s1. The fraction of sp³-hybridized carbons (Fsp3) is 0.533. The first-order valence-corrected chi connectivity index (χ1v) is 6.66. The van der Waals surface area contributed by atoms with E-state index in [4.69, 9.17) is 4.74 Å². The van der Waals surface area contributed by atoms with E-state index in [1.54, 1.807) is 7.11 Å². The number of hydrogen-bond donors (Lipinski definition) is 0. The number of methoxy groups -OCH3 is 1. The SMILES string of the molecule is COc1ccc([C@@H]2C[C@H](C)N3C(=O)CC[C@@H]23)cc1. The van der Waals surface area contributed by atoms with Crippen molar-refractivity contribution in [3.8, 4) is 5.75 Å². The number of benzene rings is 1. The van der Waals surface area contributed by atoms with E-state index < -0.39 is 0 Å². The lowest BCUT2D eigenvalue weighted by molar-refractivity contribution is -0.129. The Hall–Kier alpha value is -1.51. The average Bonchev–Trinajstić information content (AvgIpc) is 2.92. The molecule has 3 nitrogen and oxygen atoms in total. The summed E-state index contributed by atoms with van der Waals surface area (Å²) in [5.74, 6) is 1.73. The molecule has 3 rings (SSSR count). The van der Waals surface area contributed by atoms with Crippen LogP contribution in [0.4, 0.5) is 0 Å². The highest BCUT2D eigenvalue weighted by molar-refractivity contribution is 5.80. The highest BCUT2D eigenvalue weighted by Gasteiger charge is 2.45. The number of carbonyl (C=O) groups excluding carboxylic acids is 1.